The summed E-state index contributed by atoms with van der Waals surface area (Å²) in [6.45, 7) is 5.34. The Labute approximate surface area is 153 Å². The smallest absolute Gasteiger partial charge is 0.304 e. The average Bonchev–Trinajstić information content (AvgIpc) is 2.62. The first-order chi connectivity index (χ1) is 12.1. The van der Waals surface area contributed by atoms with Gasteiger partial charge in [-0.1, -0.05) is 48.0 Å². The highest BCUT2D eigenvalue weighted by Gasteiger charge is 2.18. The van der Waals surface area contributed by atoms with E-state index in [9.17, 15) is 4.79 Å². The number of carboxylic acids is 1. The summed E-state index contributed by atoms with van der Waals surface area (Å²) in [6, 6.07) is 16.5. The molecule has 0 saturated carbocycles. The number of carboxylic acid groups (broad SMARTS) is 1. The monoisotopic (exact) mass is 358 g/mol. The summed E-state index contributed by atoms with van der Waals surface area (Å²) >= 11 is 6.00. The molecule has 0 bridgehead atoms. The number of hydrogen-bond donors (Lipinski definition) is 1. The van der Waals surface area contributed by atoms with Gasteiger partial charge in [0.05, 0.1) is 6.42 Å². The van der Waals surface area contributed by atoms with Crippen molar-refractivity contribution in [2.75, 3.05) is 32.7 Å². The number of rotatable bonds is 6. The second-order valence-corrected chi connectivity index (χ2v) is 6.86. The van der Waals surface area contributed by atoms with Crippen molar-refractivity contribution in [1.82, 2.24) is 9.80 Å². The molecule has 2 aromatic rings. The van der Waals surface area contributed by atoms with Crippen LogP contribution in [-0.4, -0.2) is 53.6 Å². The first kappa shape index (κ1) is 17.9. The molecule has 0 radical (unpaired) electrons. The van der Waals surface area contributed by atoms with Gasteiger partial charge in [-0.25, -0.2) is 0 Å². The van der Waals surface area contributed by atoms with Crippen LogP contribution in [0.5, 0.6) is 0 Å². The highest BCUT2D eigenvalue weighted by Crippen LogP contribution is 2.26. The Bertz CT molecular complexity index is 710. The normalized spacial score (nSPS) is 16.0. The molecule has 0 spiro atoms. The molecule has 2 aromatic carbocycles. The van der Waals surface area contributed by atoms with Crippen LogP contribution in [0.4, 0.5) is 0 Å². The summed E-state index contributed by atoms with van der Waals surface area (Å²) in [5, 5.41) is 9.55. The zero-order chi connectivity index (χ0) is 17.6. The molecule has 4 nitrogen and oxygen atoms in total. The highest BCUT2D eigenvalue weighted by atomic mass is 35.5. The number of halogens is 1. The molecule has 1 fully saturated rings. The number of benzene rings is 2. The number of carbonyl (C=O) groups is 1. The minimum absolute atomic E-state index is 0.222. The van der Waals surface area contributed by atoms with E-state index in [0.29, 0.717) is 6.54 Å². The van der Waals surface area contributed by atoms with Crippen LogP contribution < -0.4 is 0 Å². The Kier molecular flexibility index (Phi) is 6.08. The van der Waals surface area contributed by atoms with Gasteiger partial charge in [0, 0.05) is 44.3 Å². The third-order valence-electron chi connectivity index (χ3n) is 4.67. The fourth-order valence-corrected chi connectivity index (χ4v) is 3.36. The van der Waals surface area contributed by atoms with Gasteiger partial charge in [-0.05, 0) is 28.8 Å². The van der Waals surface area contributed by atoms with Gasteiger partial charge in [0.2, 0.25) is 0 Å². The van der Waals surface area contributed by atoms with Crippen LogP contribution in [0.1, 0.15) is 12.0 Å². The van der Waals surface area contributed by atoms with Crippen molar-refractivity contribution in [3.05, 3.63) is 59.1 Å². The van der Waals surface area contributed by atoms with E-state index in [1.165, 1.54) is 16.7 Å². The van der Waals surface area contributed by atoms with Crippen molar-refractivity contribution in [2.24, 2.45) is 0 Å². The van der Waals surface area contributed by atoms with E-state index in [-0.39, 0.29) is 6.42 Å². The second kappa shape index (κ2) is 8.48. The van der Waals surface area contributed by atoms with Crippen LogP contribution in [0.25, 0.3) is 11.1 Å². The number of aliphatic carboxylic acids is 1. The minimum Gasteiger partial charge on any atom is -0.481 e. The molecule has 0 unspecified atom stereocenters. The fraction of sp³-hybridized carbons (Fsp3) is 0.350. The van der Waals surface area contributed by atoms with E-state index >= 15 is 0 Å². The van der Waals surface area contributed by atoms with Crippen molar-refractivity contribution in [1.29, 1.82) is 0 Å². The maximum atomic E-state index is 10.7. The Hall–Kier alpha value is -1.88. The lowest BCUT2D eigenvalue weighted by atomic mass is 9.99. The molecule has 25 heavy (non-hydrogen) atoms. The van der Waals surface area contributed by atoms with Gasteiger partial charge in [-0.2, -0.15) is 0 Å². The minimum atomic E-state index is -0.723. The van der Waals surface area contributed by atoms with Gasteiger partial charge >= 0.3 is 5.97 Å². The van der Waals surface area contributed by atoms with E-state index in [2.05, 4.69) is 46.2 Å². The lowest BCUT2D eigenvalue weighted by Crippen LogP contribution is -2.46. The van der Waals surface area contributed by atoms with Crippen LogP contribution in [0.3, 0.4) is 0 Å². The Morgan fingerprint density at radius 2 is 1.60 bits per heavy atom. The third kappa shape index (κ3) is 5.05. The molecule has 1 aliphatic rings. The predicted molar refractivity (Wildman–Crippen MR) is 101 cm³/mol. The number of hydrogen-bond acceptors (Lipinski definition) is 3. The zero-order valence-corrected chi connectivity index (χ0v) is 15.0. The average molecular weight is 359 g/mol. The van der Waals surface area contributed by atoms with Gasteiger partial charge in [-0.15, -0.1) is 0 Å². The highest BCUT2D eigenvalue weighted by molar-refractivity contribution is 6.30. The van der Waals surface area contributed by atoms with E-state index in [0.717, 1.165) is 37.7 Å². The van der Waals surface area contributed by atoms with Gasteiger partial charge in [-0.3, -0.25) is 9.69 Å². The molecule has 1 aliphatic heterocycles. The molecular weight excluding hydrogens is 336 g/mol. The summed E-state index contributed by atoms with van der Waals surface area (Å²) in [5.41, 5.74) is 3.73. The molecule has 0 aliphatic carbocycles. The standard InChI is InChI=1S/C20H23ClN2O2/c21-18-7-5-16(6-8-18)19-4-2-1-3-17(19)15-23-13-11-22(12-14-23)10-9-20(24)25/h1-8H,9-15H2,(H,24,25). The van der Waals surface area contributed by atoms with E-state index in [1.54, 1.807) is 0 Å². The topological polar surface area (TPSA) is 43.8 Å². The first-order valence-electron chi connectivity index (χ1n) is 8.62. The summed E-state index contributed by atoms with van der Waals surface area (Å²) in [6.07, 6.45) is 0.222. The molecule has 0 amide bonds. The molecule has 1 saturated heterocycles. The van der Waals surface area contributed by atoms with Crippen LogP contribution in [0.15, 0.2) is 48.5 Å². The molecule has 1 N–H and O–H groups in total. The SMILES string of the molecule is O=C(O)CCN1CCN(Cc2ccccc2-c2ccc(Cl)cc2)CC1. The summed E-state index contributed by atoms with van der Waals surface area (Å²) in [5.74, 6) is -0.723. The first-order valence-corrected chi connectivity index (χ1v) is 9.00. The molecule has 0 aromatic heterocycles. The number of piperazine rings is 1. The third-order valence-corrected chi connectivity index (χ3v) is 4.93. The quantitative estimate of drug-likeness (QED) is 0.856. The molecule has 1 heterocycles. The van der Waals surface area contributed by atoms with Crippen molar-refractivity contribution < 1.29 is 9.90 Å². The van der Waals surface area contributed by atoms with E-state index in [4.69, 9.17) is 16.7 Å². The summed E-state index contributed by atoms with van der Waals surface area (Å²) in [4.78, 5) is 15.4. The van der Waals surface area contributed by atoms with Gasteiger partial charge in [0.25, 0.3) is 0 Å². The van der Waals surface area contributed by atoms with Gasteiger partial charge in [0.1, 0.15) is 0 Å². The summed E-state index contributed by atoms with van der Waals surface area (Å²) < 4.78 is 0. The molecule has 5 heteroatoms. The maximum Gasteiger partial charge on any atom is 0.304 e. The lowest BCUT2D eigenvalue weighted by Gasteiger charge is -2.34. The van der Waals surface area contributed by atoms with Crippen molar-refractivity contribution in [2.45, 2.75) is 13.0 Å². The van der Waals surface area contributed by atoms with Crippen LogP contribution in [-0.2, 0) is 11.3 Å². The molecule has 132 valence electrons. The fourth-order valence-electron chi connectivity index (χ4n) is 3.23. The molecule has 3 rings (SSSR count). The van der Waals surface area contributed by atoms with Gasteiger partial charge in [0.15, 0.2) is 0 Å². The van der Waals surface area contributed by atoms with E-state index < -0.39 is 5.97 Å². The van der Waals surface area contributed by atoms with Crippen molar-refractivity contribution in [3.8, 4) is 11.1 Å². The van der Waals surface area contributed by atoms with E-state index in [1.807, 2.05) is 12.1 Å². The van der Waals surface area contributed by atoms with Crippen LogP contribution >= 0.6 is 11.6 Å². The second-order valence-electron chi connectivity index (χ2n) is 6.43. The van der Waals surface area contributed by atoms with Crippen molar-refractivity contribution in [3.63, 3.8) is 0 Å². The molecule has 0 atom stereocenters. The summed E-state index contributed by atoms with van der Waals surface area (Å²) in [7, 11) is 0. The Morgan fingerprint density at radius 3 is 2.28 bits per heavy atom. The lowest BCUT2D eigenvalue weighted by molar-refractivity contribution is -0.137. The molecular formula is C20H23ClN2O2. The Balaban J connectivity index is 1.63. The van der Waals surface area contributed by atoms with Gasteiger partial charge < -0.3 is 10.0 Å². The largest absolute Gasteiger partial charge is 0.481 e. The maximum absolute atomic E-state index is 10.7. The van der Waals surface area contributed by atoms with Crippen LogP contribution in [0, 0.1) is 0 Å². The van der Waals surface area contributed by atoms with Crippen molar-refractivity contribution >= 4 is 17.6 Å². The Morgan fingerprint density at radius 1 is 0.960 bits per heavy atom. The predicted octanol–water partition coefficient (Wildman–Crippen LogP) is 3.60. The zero-order valence-electron chi connectivity index (χ0n) is 14.2. The van der Waals surface area contributed by atoms with Crippen LogP contribution in [0.2, 0.25) is 5.02 Å². The number of nitrogens with zero attached hydrogens (tertiary/aromatic N) is 2.